The Labute approximate surface area is 441 Å². The molecule has 5 aromatic carbocycles. The summed E-state index contributed by atoms with van der Waals surface area (Å²) in [6, 6.07) is 39.0. The Morgan fingerprint density at radius 3 is 1.78 bits per heavy atom. The Morgan fingerprint density at radius 2 is 1.25 bits per heavy atom. The average molecular weight is 1080 g/mol. The van der Waals surface area contributed by atoms with Crippen LogP contribution in [0.3, 0.4) is 0 Å². The Morgan fingerprint density at radius 1 is 0.726 bits per heavy atom. The maximum Gasteiger partial charge on any atom is 0.255 e. The fraction of sp³-hybridized carbons (Fsp3) is 0.310. The minimum atomic E-state index is -2.39. The fourth-order valence-electron chi connectivity index (χ4n) is 8.40. The average Bonchev–Trinajstić information content (AvgIpc) is 3.98. The molecule has 15 heteroatoms. The van der Waals surface area contributed by atoms with E-state index >= 15 is 0 Å². The maximum absolute atomic E-state index is 14.9. The van der Waals surface area contributed by atoms with Gasteiger partial charge in [0.1, 0.15) is 17.0 Å². The molecule has 7 rings (SSSR count). The number of aromatic amines is 1. The highest BCUT2D eigenvalue weighted by Gasteiger charge is 2.44. The monoisotopic (exact) mass is 1080 g/mol. The normalized spacial score (nSPS) is 13.4. The molecular weight excluding hydrogens is 1010 g/mol. The first-order valence-electron chi connectivity index (χ1n) is 24.7. The third kappa shape index (κ3) is 11.9. The van der Waals surface area contributed by atoms with Crippen LogP contribution in [0.2, 0.25) is 36.3 Å². The van der Waals surface area contributed by atoms with Crippen molar-refractivity contribution in [2.24, 2.45) is 11.5 Å². The molecule has 0 unspecified atom stereocenters. The van der Waals surface area contributed by atoms with Crippen LogP contribution in [-0.4, -0.2) is 72.4 Å². The van der Waals surface area contributed by atoms with Crippen LogP contribution in [0.1, 0.15) is 75.1 Å². The predicted molar refractivity (Wildman–Crippen MR) is 302 cm³/mol. The number of amides is 3. The van der Waals surface area contributed by atoms with Gasteiger partial charge < -0.3 is 35.2 Å². The van der Waals surface area contributed by atoms with Crippen molar-refractivity contribution in [3.05, 3.63) is 190 Å². The zero-order chi connectivity index (χ0) is 52.9. The number of H-pyrrole nitrogens is 1. The number of carbonyl (C=O) groups is 3. The van der Waals surface area contributed by atoms with Crippen molar-refractivity contribution in [2.75, 3.05) is 6.54 Å². The molecule has 2 heterocycles. The highest BCUT2D eigenvalue weighted by Crippen LogP contribution is 2.45. The van der Waals surface area contributed by atoms with E-state index in [2.05, 4.69) is 135 Å². The van der Waals surface area contributed by atoms with Crippen LogP contribution in [0.5, 0.6) is 11.5 Å². The second-order valence-corrected chi connectivity index (χ2v) is 32.1. The molecule has 2 atom stereocenters. The molecule has 3 amide bonds. The Kier molecular flexibility index (Phi) is 16.4. The number of imidazole rings is 1. The molecule has 0 radical (unpaired) electrons. The maximum atomic E-state index is 14.9. The molecule has 0 fully saturated rings. The number of nitrogens with one attached hydrogen (secondary N) is 2. The lowest BCUT2D eigenvalue weighted by atomic mass is 9.76. The molecule has 6 N–H and O–H groups in total. The number of carbonyl (C=O) groups excluding carboxylic acids is 3. The van der Waals surface area contributed by atoms with Crippen LogP contribution in [0.4, 0.5) is 0 Å². The van der Waals surface area contributed by atoms with Gasteiger partial charge in [-0.1, -0.05) is 161 Å². The van der Waals surface area contributed by atoms with Gasteiger partial charge in [0.05, 0.1) is 25.0 Å². The number of benzene rings is 5. The number of hydrogen-bond donors (Lipinski definition) is 4. The number of halogens is 1. The first-order valence-corrected chi connectivity index (χ1v) is 31.3. The summed E-state index contributed by atoms with van der Waals surface area (Å²) in [4.78, 5) is 52.7. The molecule has 0 saturated carbocycles. The number of imide groups is 3. The van der Waals surface area contributed by atoms with Gasteiger partial charge in [-0.05, 0) is 101 Å². The third-order valence-corrected chi connectivity index (χ3v) is 23.7. The lowest BCUT2D eigenvalue weighted by molar-refractivity contribution is -0.155. The van der Waals surface area contributed by atoms with Gasteiger partial charge in [0.15, 0.2) is 0 Å². The molecule has 0 saturated heterocycles. The minimum absolute atomic E-state index is 0.0100. The summed E-state index contributed by atoms with van der Waals surface area (Å²) >= 11 is 3.51. The van der Waals surface area contributed by atoms with Crippen molar-refractivity contribution in [1.29, 1.82) is 0 Å². The second-order valence-electron chi connectivity index (χ2n) is 21.7. The summed E-state index contributed by atoms with van der Waals surface area (Å²) in [6.07, 6.45) is 8.61. The van der Waals surface area contributed by atoms with Crippen molar-refractivity contribution in [1.82, 2.24) is 24.8 Å². The Balaban J connectivity index is 1.22. The molecule has 0 bridgehead atoms. The highest BCUT2D eigenvalue weighted by atomic mass is 79.9. The molecule has 0 spiro atoms. The van der Waals surface area contributed by atoms with Gasteiger partial charge >= 0.3 is 0 Å². The quantitative estimate of drug-likeness (QED) is 0.0482. The summed E-state index contributed by atoms with van der Waals surface area (Å²) in [5, 5.41) is 3.78. The van der Waals surface area contributed by atoms with Gasteiger partial charge in [-0.2, -0.15) is 0 Å². The van der Waals surface area contributed by atoms with Gasteiger partial charge in [-0.15, -0.1) is 0 Å². The zero-order valence-corrected chi connectivity index (χ0v) is 47.3. The summed E-state index contributed by atoms with van der Waals surface area (Å²) < 4.78 is 16.7. The second kappa shape index (κ2) is 22.0. The van der Waals surface area contributed by atoms with E-state index in [1.165, 1.54) is 0 Å². The van der Waals surface area contributed by atoms with Crippen molar-refractivity contribution in [2.45, 2.75) is 108 Å². The van der Waals surface area contributed by atoms with E-state index in [4.69, 9.17) is 20.3 Å². The first-order chi connectivity index (χ1) is 34.4. The van der Waals surface area contributed by atoms with E-state index in [9.17, 15) is 14.4 Å². The molecule has 382 valence electrons. The van der Waals surface area contributed by atoms with Gasteiger partial charge in [0.2, 0.25) is 0 Å². The number of hydrogen-bond acceptors (Lipinski definition) is 9. The van der Waals surface area contributed by atoms with Gasteiger partial charge in [-0.25, -0.2) is 9.88 Å². The van der Waals surface area contributed by atoms with E-state index in [-0.39, 0.29) is 22.9 Å². The van der Waals surface area contributed by atoms with Crippen LogP contribution >= 0.6 is 15.9 Å². The van der Waals surface area contributed by atoms with E-state index in [0.29, 0.717) is 27.7 Å². The molecule has 73 heavy (non-hydrogen) atoms. The molecule has 2 aromatic heterocycles. The third-order valence-electron chi connectivity index (χ3n) is 14.5. The van der Waals surface area contributed by atoms with Crippen molar-refractivity contribution in [3.8, 4) is 11.5 Å². The van der Waals surface area contributed by atoms with Crippen LogP contribution in [0.25, 0.3) is 17.0 Å². The van der Waals surface area contributed by atoms with E-state index < -0.39 is 58.5 Å². The standard InChI is InChI=1S/C58H70BrN7O5Si2/c1-56(2,3)72(7,8)70-51-29-26-40(33-52(51)71-73(9,10)57(4,5)6)32-48(60)54(68)66(53(67)38-62-31-30-41-36-64-50-34-45(59)27-28-47(41)50)55(69)49(61)35-46-37-63-39-65(46)58(42-20-14-11-15-21-42,43-22-16-12-17-23-43)44-24-18-13-19-25-44/h11-31,33-34,36-37,39,48-49,62,64H,32,35,38,60-61H2,1-10H3/b31-30-/t48-,49-/m0/s1. The van der Waals surface area contributed by atoms with Crippen LogP contribution in [-0.2, 0) is 32.8 Å². The van der Waals surface area contributed by atoms with E-state index in [1.807, 2.05) is 108 Å². The summed E-state index contributed by atoms with van der Waals surface area (Å²) in [6.45, 7) is 21.4. The molecule has 0 aliphatic rings. The number of nitrogens with two attached hydrogens (primary N) is 2. The van der Waals surface area contributed by atoms with E-state index in [0.717, 1.165) is 37.6 Å². The molecule has 0 aliphatic carbocycles. The summed E-state index contributed by atoms with van der Waals surface area (Å²) in [5.74, 6) is -1.38. The van der Waals surface area contributed by atoms with Crippen molar-refractivity contribution < 1.29 is 23.2 Å². The summed E-state index contributed by atoms with van der Waals surface area (Å²) in [5.41, 5.74) is 18.7. The van der Waals surface area contributed by atoms with E-state index in [1.54, 1.807) is 18.7 Å². The topological polar surface area (TPSA) is 171 Å². The molecule has 7 aromatic rings. The Hall–Kier alpha value is -6.37. The van der Waals surface area contributed by atoms with Gasteiger partial charge in [-0.3, -0.25) is 14.4 Å². The molecule has 12 nitrogen and oxygen atoms in total. The molecule has 0 aliphatic heterocycles. The number of rotatable bonds is 18. The number of nitrogens with zero attached hydrogens (tertiary/aromatic N) is 3. The van der Waals surface area contributed by atoms with Crippen molar-refractivity contribution >= 4 is 67.3 Å². The lowest BCUT2D eigenvalue weighted by Gasteiger charge is -2.39. The van der Waals surface area contributed by atoms with Gasteiger partial charge in [0, 0.05) is 45.4 Å². The number of aromatic nitrogens is 3. The summed E-state index contributed by atoms with van der Waals surface area (Å²) in [7, 11) is -4.70. The highest BCUT2D eigenvalue weighted by molar-refractivity contribution is 9.10. The smallest absolute Gasteiger partial charge is 0.255 e. The minimum Gasteiger partial charge on any atom is -0.541 e. The first kappa shape index (κ1) is 54.4. The fourth-order valence-corrected chi connectivity index (χ4v) is 10.8. The zero-order valence-electron chi connectivity index (χ0n) is 43.7. The van der Waals surface area contributed by atoms with Crippen LogP contribution in [0.15, 0.2) is 157 Å². The SMILES string of the molecule is CC(C)(C)[Si](C)(C)Oc1ccc(C[C@H](N)C(=O)N(C(=O)CN/C=C\c2c[nH]c3cc(Br)ccc23)C(=O)[C@@H](N)Cc2cncn2C(c2ccccc2)(c2ccccc2)c2ccccc2)cc1O[Si](C)(C)C(C)(C)C. The lowest BCUT2D eigenvalue weighted by Crippen LogP contribution is -2.57. The van der Waals surface area contributed by atoms with Crippen molar-refractivity contribution in [3.63, 3.8) is 0 Å². The van der Waals surface area contributed by atoms with Gasteiger partial charge in [0.25, 0.3) is 34.4 Å². The predicted octanol–water partition coefficient (Wildman–Crippen LogP) is 11.3. The van der Waals surface area contributed by atoms with Crippen LogP contribution < -0.4 is 25.6 Å². The largest absolute Gasteiger partial charge is 0.541 e. The Bertz CT molecular complexity index is 2970. The van der Waals surface area contributed by atoms with Crippen LogP contribution in [0, 0.1) is 0 Å². The molecular formula is C58H70BrN7O5Si2. The number of fused-ring (bicyclic) bond motifs is 1.